The van der Waals surface area contributed by atoms with E-state index >= 15 is 0 Å². The fourth-order valence-corrected chi connectivity index (χ4v) is 10.2. The molecule has 1 aliphatic rings. The van der Waals surface area contributed by atoms with Crippen LogP contribution < -0.4 is 4.90 Å². The van der Waals surface area contributed by atoms with Crippen molar-refractivity contribution in [2.75, 3.05) is 4.90 Å². The van der Waals surface area contributed by atoms with Crippen molar-refractivity contribution in [3.05, 3.63) is 236 Å². The molecule has 11 rings (SSSR count). The van der Waals surface area contributed by atoms with Crippen LogP contribution in [0, 0.1) is 0 Å². The maximum Gasteiger partial charge on any atom is 0.0546 e. The molecule has 10 aromatic carbocycles. The van der Waals surface area contributed by atoms with Crippen LogP contribution in [0.15, 0.2) is 231 Å². The Kier molecular flexibility index (Phi) is 10.4. The van der Waals surface area contributed by atoms with Crippen LogP contribution in [0.5, 0.6) is 0 Å². The summed E-state index contributed by atoms with van der Waals surface area (Å²) in [4.78, 5) is 2.51. The molecular formula is C62H49N. The molecule has 63 heavy (non-hydrogen) atoms. The summed E-state index contributed by atoms with van der Waals surface area (Å²) in [6, 6.07) is 85.0. The molecule has 1 saturated carbocycles. The van der Waals surface area contributed by atoms with Crippen molar-refractivity contribution < 1.29 is 0 Å². The van der Waals surface area contributed by atoms with E-state index in [0.717, 1.165) is 17.1 Å². The lowest BCUT2D eigenvalue weighted by Crippen LogP contribution is -2.13. The molecule has 302 valence electrons. The summed E-state index contributed by atoms with van der Waals surface area (Å²) in [6.07, 6.45) is 6.46. The lowest BCUT2D eigenvalue weighted by Gasteiger charge is -2.31. The SMILES string of the molecule is c1ccc(-c2ccc(-c3ccccc3)c(N(c3ccc(-c4ccc(-c5cccc6ccccc56)cc4)cc3)c3ccccc3-c3cccc4cccc(C5CCCCC5)c34)c2)cc1. The van der Waals surface area contributed by atoms with Gasteiger partial charge in [-0.05, 0) is 115 Å². The molecule has 1 aliphatic carbocycles. The van der Waals surface area contributed by atoms with E-state index in [1.165, 1.54) is 115 Å². The highest BCUT2D eigenvalue weighted by molar-refractivity contribution is 6.04. The van der Waals surface area contributed by atoms with E-state index in [1.54, 1.807) is 0 Å². The van der Waals surface area contributed by atoms with Gasteiger partial charge in [0.1, 0.15) is 0 Å². The Morgan fingerprint density at radius 2 is 0.841 bits per heavy atom. The first-order valence-electron chi connectivity index (χ1n) is 22.6. The third kappa shape index (κ3) is 7.51. The van der Waals surface area contributed by atoms with Crippen molar-refractivity contribution >= 4 is 38.6 Å². The van der Waals surface area contributed by atoms with Gasteiger partial charge in [-0.25, -0.2) is 0 Å². The number of benzene rings is 10. The molecule has 1 nitrogen and oxygen atoms in total. The van der Waals surface area contributed by atoms with Crippen molar-refractivity contribution in [2.24, 2.45) is 0 Å². The normalized spacial score (nSPS) is 13.0. The fraction of sp³-hybridized carbons (Fsp3) is 0.0968. The number of anilines is 3. The zero-order chi connectivity index (χ0) is 42.0. The van der Waals surface area contributed by atoms with Gasteiger partial charge in [-0.1, -0.05) is 226 Å². The number of fused-ring (bicyclic) bond motifs is 2. The Morgan fingerprint density at radius 1 is 0.317 bits per heavy atom. The third-order valence-electron chi connectivity index (χ3n) is 13.3. The highest BCUT2D eigenvalue weighted by Crippen LogP contribution is 2.49. The van der Waals surface area contributed by atoms with Gasteiger partial charge in [-0.3, -0.25) is 0 Å². The summed E-state index contributed by atoms with van der Waals surface area (Å²) in [7, 11) is 0. The maximum absolute atomic E-state index is 2.51. The first kappa shape index (κ1) is 38.4. The van der Waals surface area contributed by atoms with Crippen LogP contribution in [-0.2, 0) is 0 Å². The monoisotopic (exact) mass is 807 g/mol. The third-order valence-corrected chi connectivity index (χ3v) is 13.3. The van der Waals surface area contributed by atoms with Gasteiger partial charge in [-0.2, -0.15) is 0 Å². The minimum atomic E-state index is 0.577. The quantitative estimate of drug-likeness (QED) is 0.140. The van der Waals surface area contributed by atoms with Gasteiger partial charge in [0, 0.05) is 16.8 Å². The van der Waals surface area contributed by atoms with Crippen LogP contribution in [0.25, 0.3) is 77.2 Å². The Morgan fingerprint density at radius 3 is 1.60 bits per heavy atom. The smallest absolute Gasteiger partial charge is 0.0546 e. The number of para-hydroxylation sites is 1. The molecule has 0 bridgehead atoms. The highest BCUT2D eigenvalue weighted by atomic mass is 15.1. The number of rotatable bonds is 9. The molecule has 1 heteroatoms. The molecule has 0 atom stereocenters. The zero-order valence-corrected chi connectivity index (χ0v) is 35.5. The van der Waals surface area contributed by atoms with Gasteiger partial charge < -0.3 is 4.90 Å². The molecule has 0 amide bonds. The number of nitrogens with zero attached hydrogens (tertiary/aromatic N) is 1. The van der Waals surface area contributed by atoms with E-state index in [0.29, 0.717) is 5.92 Å². The summed E-state index contributed by atoms with van der Waals surface area (Å²) in [5.74, 6) is 0.577. The van der Waals surface area contributed by atoms with E-state index in [2.05, 4.69) is 235 Å². The summed E-state index contributed by atoms with van der Waals surface area (Å²) < 4.78 is 0. The standard InChI is InChI=1S/C62H49N/c1-4-17-44(18-5-1)52-39-42-56(48-19-6-2-7-20-48)61(43-52)63(53-40-37-46(38-41-53)45-33-35-50(36-34-45)55-29-14-24-47-23-10-11-27-54(47)55)60-32-13-12-28-58(60)59-31-16-26-51-25-15-30-57(62(51)59)49-21-8-3-9-22-49/h1-2,4-7,10-20,23-43,49H,3,8-9,21-22H2. The van der Waals surface area contributed by atoms with Crippen molar-refractivity contribution in [3.63, 3.8) is 0 Å². The Labute approximate surface area is 371 Å². The second-order valence-electron chi connectivity index (χ2n) is 17.1. The minimum absolute atomic E-state index is 0.577. The minimum Gasteiger partial charge on any atom is -0.309 e. The molecule has 0 aromatic heterocycles. The van der Waals surface area contributed by atoms with Crippen LogP contribution in [-0.4, -0.2) is 0 Å². The van der Waals surface area contributed by atoms with Crippen molar-refractivity contribution in [1.82, 2.24) is 0 Å². The van der Waals surface area contributed by atoms with Crippen LogP contribution >= 0.6 is 0 Å². The van der Waals surface area contributed by atoms with E-state index in [4.69, 9.17) is 0 Å². The van der Waals surface area contributed by atoms with Crippen molar-refractivity contribution in [1.29, 1.82) is 0 Å². The lowest BCUT2D eigenvalue weighted by atomic mass is 9.80. The average molecular weight is 808 g/mol. The lowest BCUT2D eigenvalue weighted by molar-refractivity contribution is 0.445. The predicted octanol–water partition coefficient (Wildman–Crippen LogP) is 17.8. The van der Waals surface area contributed by atoms with E-state index in [-0.39, 0.29) is 0 Å². The van der Waals surface area contributed by atoms with E-state index in [9.17, 15) is 0 Å². The Hall–Kier alpha value is -7.48. The van der Waals surface area contributed by atoms with Gasteiger partial charge in [0.05, 0.1) is 11.4 Å². The van der Waals surface area contributed by atoms with Crippen LogP contribution in [0.1, 0.15) is 43.6 Å². The number of hydrogen-bond acceptors (Lipinski definition) is 1. The van der Waals surface area contributed by atoms with E-state index < -0.39 is 0 Å². The largest absolute Gasteiger partial charge is 0.309 e. The molecule has 0 heterocycles. The molecule has 0 N–H and O–H groups in total. The number of hydrogen-bond donors (Lipinski definition) is 0. The second kappa shape index (κ2) is 17.1. The van der Waals surface area contributed by atoms with Crippen molar-refractivity contribution in [2.45, 2.75) is 38.0 Å². The van der Waals surface area contributed by atoms with Gasteiger partial charge in [-0.15, -0.1) is 0 Å². The van der Waals surface area contributed by atoms with Gasteiger partial charge in [0.25, 0.3) is 0 Å². The molecular weight excluding hydrogens is 759 g/mol. The van der Waals surface area contributed by atoms with Crippen molar-refractivity contribution in [3.8, 4) is 55.6 Å². The Balaban J connectivity index is 1.09. The summed E-state index contributed by atoms with van der Waals surface area (Å²) in [5.41, 5.74) is 17.0. The zero-order valence-electron chi connectivity index (χ0n) is 35.5. The molecule has 0 unspecified atom stereocenters. The first-order valence-corrected chi connectivity index (χ1v) is 22.6. The van der Waals surface area contributed by atoms with Gasteiger partial charge in [0.2, 0.25) is 0 Å². The average Bonchev–Trinajstić information content (AvgIpc) is 3.37. The van der Waals surface area contributed by atoms with Gasteiger partial charge >= 0.3 is 0 Å². The molecule has 10 aromatic rings. The molecule has 0 spiro atoms. The molecule has 1 fully saturated rings. The van der Waals surface area contributed by atoms with Crippen LogP contribution in [0.2, 0.25) is 0 Å². The molecule has 0 aliphatic heterocycles. The summed E-state index contributed by atoms with van der Waals surface area (Å²) in [5, 5.41) is 5.24. The molecule has 0 radical (unpaired) electrons. The molecule has 0 saturated heterocycles. The van der Waals surface area contributed by atoms with E-state index in [1.807, 2.05) is 0 Å². The second-order valence-corrected chi connectivity index (χ2v) is 17.1. The van der Waals surface area contributed by atoms with Gasteiger partial charge in [0.15, 0.2) is 0 Å². The maximum atomic E-state index is 2.51. The van der Waals surface area contributed by atoms with Crippen LogP contribution in [0.3, 0.4) is 0 Å². The first-order chi connectivity index (χ1) is 31.3. The fourth-order valence-electron chi connectivity index (χ4n) is 10.2. The van der Waals surface area contributed by atoms with Crippen LogP contribution in [0.4, 0.5) is 17.1 Å². The summed E-state index contributed by atoms with van der Waals surface area (Å²) in [6.45, 7) is 0. The Bertz CT molecular complexity index is 3170. The highest BCUT2D eigenvalue weighted by Gasteiger charge is 2.24. The summed E-state index contributed by atoms with van der Waals surface area (Å²) >= 11 is 0. The topological polar surface area (TPSA) is 3.24 Å². The predicted molar refractivity (Wildman–Crippen MR) is 269 cm³/mol.